The predicted molar refractivity (Wildman–Crippen MR) is 55.0 cm³/mol. The van der Waals surface area contributed by atoms with Crippen LogP contribution in [0.4, 0.5) is 4.39 Å². The van der Waals surface area contributed by atoms with Gasteiger partial charge >= 0.3 is 0 Å². The monoisotopic (exact) mass is 222 g/mol. The number of ether oxygens (including phenoxy) is 1. The first kappa shape index (κ1) is 12.0. The lowest BCUT2D eigenvalue weighted by molar-refractivity contribution is -0.120. The highest BCUT2D eigenvalue weighted by Gasteiger charge is 2.04. The summed E-state index contributed by atoms with van der Waals surface area (Å²) in [6, 6.07) is 6.15. The van der Waals surface area contributed by atoms with Gasteiger partial charge in [0, 0.05) is 6.54 Å². The first-order valence-corrected chi connectivity index (χ1v) is 4.63. The molecule has 1 aromatic rings. The molecule has 16 heavy (non-hydrogen) atoms. The molecule has 0 bridgehead atoms. The average molecular weight is 222 g/mol. The van der Waals surface area contributed by atoms with E-state index in [4.69, 9.17) is 10.00 Å². The molecule has 1 amide bonds. The van der Waals surface area contributed by atoms with Crippen molar-refractivity contribution in [1.29, 1.82) is 5.26 Å². The van der Waals surface area contributed by atoms with E-state index in [1.54, 1.807) is 12.1 Å². The summed E-state index contributed by atoms with van der Waals surface area (Å²) in [5, 5.41) is 10.8. The van der Waals surface area contributed by atoms with Crippen molar-refractivity contribution in [1.82, 2.24) is 5.32 Å². The maximum absolute atomic E-state index is 13.2. The summed E-state index contributed by atoms with van der Waals surface area (Å²) < 4.78 is 18.0. The highest BCUT2D eigenvalue weighted by atomic mass is 19.1. The summed E-state index contributed by atoms with van der Waals surface area (Å²) in [6.07, 6.45) is -0.196. The van der Waals surface area contributed by atoms with Crippen molar-refractivity contribution in [3.8, 4) is 11.8 Å². The van der Waals surface area contributed by atoms with E-state index in [1.807, 2.05) is 0 Å². The van der Waals surface area contributed by atoms with Crippen molar-refractivity contribution in [3.63, 3.8) is 0 Å². The number of rotatable bonds is 4. The van der Waals surface area contributed by atoms with Gasteiger partial charge in [-0.3, -0.25) is 4.79 Å². The molecule has 0 aromatic heterocycles. The Morgan fingerprint density at radius 1 is 1.62 bits per heavy atom. The molecule has 0 fully saturated rings. The molecule has 0 saturated carbocycles. The first-order valence-electron chi connectivity index (χ1n) is 4.63. The van der Waals surface area contributed by atoms with Crippen LogP contribution >= 0.6 is 0 Å². The molecular formula is C11H11FN2O2. The van der Waals surface area contributed by atoms with Gasteiger partial charge in [-0.25, -0.2) is 4.39 Å². The Hall–Kier alpha value is -2.09. The Bertz CT molecular complexity index is 426. The minimum absolute atomic E-state index is 0.159. The first-order chi connectivity index (χ1) is 7.67. The quantitative estimate of drug-likeness (QED) is 0.836. The maximum Gasteiger partial charge on any atom is 0.234 e. The van der Waals surface area contributed by atoms with Crippen molar-refractivity contribution in [3.05, 3.63) is 29.6 Å². The Balaban J connectivity index is 2.59. The fourth-order valence-corrected chi connectivity index (χ4v) is 1.15. The zero-order valence-electron chi connectivity index (χ0n) is 8.79. The maximum atomic E-state index is 13.2. The number of carbonyl (C=O) groups excluding carboxylic acids is 1. The van der Waals surface area contributed by atoms with E-state index in [-0.39, 0.29) is 24.6 Å². The lowest BCUT2D eigenvalue weighted by Gasteiger charge is -2.05. The third kappa shape index (κ3) is 3.24. The minimum Gasteiger partial charge on any atom is -0.494 e. The fraction of sp³-hybridized carbons (Fsp3) is 0.273. The van der Waals surface area contributed by atoms with Gasteiger partial charge in [0.05, 0.1) is 13.2 Å². The minimum atomic E-state index is -0.477. The van der Waals surface area contributed by atoms with Crippen molar-refractivity contribution in [2.75, 3.05) is 7.11 Å². The van der Waals surface area contributed by atoms with Crippen molar-refractivity contribution >= 4 is 5.91 Å². The normalized spacial score (nSPS) is 9.31. The van der Waals surface area contributed by atoms with Gasteiger partial charge in [0.15, 0.2) is 11.6 Å². The lowest BCUT2D eigenvalue weighted by Crippen LogP contribution is -2.21. The average Bonchev–Trinajstić information content (AvgIpc) is 2.27. The molecular weight excluding hydrogens is 211 g/mol. The molecule has 0 aliphatic carbocycles. The summed E-state index contributed by atoms with van der Waals surface area (Å²) in [7, 11) is 1.38. The highest BCUT2D eigenvalue weighted by molar-refractivity contribution is 5.77. The Kier molecular flexibility index (Phi) is 4.28. The molecule has 0 aliphatic heterocycles. The van der Waals surface area contributed by atoms with Gasteiger partial charge in [-0.15, -0.1) is 0 Å². The fourth-order valence-electron chi connectivity index (χ4n) is 1.15. The number of benzene rings is 1. The molecule has 5 heteroatoms. The van der Waals surface area contributed by atoms with E-state index in [0.29, 0.717) is 5.56 Å². The van der Waals surface area contributed by atoms with Crippen LogP contribution in [0.5, 0.6) is 5.75 Å². The summed E-state index contributed by atoms with van der Waals surface area (Å²) in [6.45, 7) is 0.196. The Labute approximate surface area is 92.6 Å². The van der Waals surface area contributed by atoms with E-state index < -0.39 is 5.82 Å². The Morgan fingerprint density at radius 2 is 2.38 bits per heavy atom. The molecule has 0 unspecified atom stereocenters. The van der Waals surface area contributed by atoms with Crippen LogP contribution in [0.15, 0.2) is 18.2 Å². The predicted octanol–water partition coefficient (Wildman–Crippen LogP) is 1.36. The number of methoxy groups -OCH3 is 1. The van der Waals surface area contributed by atoms with Crippen LogP contribution in [0.25, 0.3) is 0 Å². The van der Waals surface area contributed by atoms with Crippen LogP contribution in [-0.4, -0.2) is 13.0 Å². The lowest BCUT2D eigenvalue weighted by atomic mass is 10.2. The zero-order valence-corrected chi connectivity index (χ0v) is 8.79. The molecule has 1 aromatic carbocycles. The number of hydrogen-bond acceptors (Lipinski definition) is 3. The molecule has 1 N–H and O–H groups in total. The highest BCUT2D eigenvalue weighted by Crippen LogP contribution is 2.17. The number of hydrogen-bond donors (Lipinski definition) is 1. The van der Waals surface area contributed by atoms with Crippen LogP contribution in [0.2, 0.25) is 0 Å². The van der Waals surface area contributed by atoms with Gasteiger partial charge in [-0.2, -0.15) is 5.26 Å². The molecule has 0 heterocycles. The van der Waals surface area contributed by atoms with E-state index in [9.17, 15) is 9.18 Å². The smallest absolute Gasteiger partial charge is 0.234 e. The zero-order chi connectivity index (χ0) is 12.0. The number of halogens is 1. The van der Waals surface area contributed by atoms with Crippen molar-refractivity contribution in [2.45, 2.75) is 13.0 Å². The van der Waals surface area contributed by atoms with Crippen LogP contribution in [-0.2, 0) is 11.3 Å². The van der Waals surface area contributed by atoms with Crippen LogP contribution < -0.4 is 10.1 Å². The van der Waals surface area contributed by atoms with Gasteiger partial charge in [0.2, 0.25) is 5.91 Å². The third-order valence-electron chi connectivity index (χ3n) is 1.95. The topological polar surface area (TPSA) is 62.1 Å². The second kappa shape index (κ2) is 5.71. The van der Waals surface area contributed by atoms with Crippen LogP contribution in [0.3, 0.4) is 0 Å². The second-order valence-corrected chi connectivity index (χ2v) is 3.08. The molecule has 0 spiro atoms. The van der Waals surface area contributed by atoms with Crippen LogP contribution in [0, 0.1) is 17.1 Å². The molecule has 84 valence electrons. The molecule has 0 radical (unpaired) electrons. The third-order valence-corrected chi connectivity index (χ3v) is 1.95. The number of nitrogens with zero attached hydrogens (tertiary/aromatic N) is 1. The molecule has 0 saturated heterocycles. The molecule has 1 rings (SSSR count). The number of carbonyl (C=O) groups is 1. The standard InChI is InChI=1S/C11H11FN2O2/c1-16-10-3-2-8(6-9(10)12)7-14-11(15)4-5-13/h2-3,6H,4,7H2,1H3,(H,14,15). The molecule has 4 nitrogen and oxygen atoms in total. The van der Waals surface area contributed by atoms with Crippen molar-refractivity contribution < 1.29 is 13.9 Å². The van der Waals surface area contributed by atoms with Crippen LogP contribution in [0.1, 0.15) is 12.0 Å². The van der Waals surface area contributed by atoms with Crippen molar-refractivity contribution in [2.24, 2.45) is 0 Å². The van der Waals surface area contributed by atoms with E-state index >= 15 is 0 Å². The van der Waals surface area contributed by atoms with Gasteiger partial charge in [-0.05, 0) is 17.7 Å². The van der Waals surface area contributed by atoms with E-state index in [0.717, 1.165) is 0 Å². The molecule has 0 aliphatic rings. The number of amides is 1. The second-order valence-electron chi connectivity index (χ2n) is 3.08. The van der Waals surface area contributed by atoms with E-state index in [1.165, 1.54) is 19.2 Å². The Morgan fingerprint density at radius 3 is 2.94 bits per heavy atom. The largest absolute Gasteiger partial charge is 0.494 e. The number of nitriles is 1. The summed E-state index contributed by atoms with van der Waals surface area (Å²) in [5.74, 6) is -0.694. The summed E-state index contributed by atoms with van der Waals surface area (Å²) >= 11 is 0. The SMILES string of the molecule is COc1ccc(CNC(=O)CC#N)cc1F. The van der Waals surface area contributed by atoms with Gasteiger partial charge in [0.1, 0.15) is 6.42 Å². The van der Waals surface area contributed by atoms with Gasteiger partial charge < -0.3 is 10.1 Å². The van der Waals surface area contributed by atoms with E-state index in [2.05, 4.69) is 5.32 Å². The van der Waals surface area contributed by atoms with Gasteiger partial charge in [0.25, 0.3) is 0 Å². The molecule has 0 atom stereocenters. The van der Waals surface area contributed by atoms with Gasteiger partial charge in [-0.1, -0.05) is 6.07 Å². The summed E-state index contributed by atoms with van der Waals surface area (Å²) in [4.78, 5) is 11.0. The number of nitrogens with one attached hydrogen (secondary N) is 1. The summed E-state index contributed by atoms with van der Waals surface area (Å²) in [5.41, 5.74) is 0.615.